The van der Waals surface area contributed by atoms with Crippen molar-refractivity contribution in [3.8, 4) is 11.1 Å². The maximum Gasteiger partial charge on any atom is 0.336 e. The molecule has 0 aliphatic carbocycles. The molecule has 0 bridgehead atoms. The minimum Gasteiger partial charge on any atom is -0.478 e. The van der Waals surface area contributed by atoms with Crippen LogP contribution in [0.2, 0.25) is 0 Å². The Hall–Kier alpha value is -2.66. The van der Waals surface area contributed by atoms with Gasteiger partial charge in [0, 0.05) is 0 Å². The summed E-state index contributed by atoms with van der Waals surface area (Å²) in [6.45, 7) is 0. The van der Waals surface area contributed by atoms with Gasteiger partial charge in [-0.2, -0.15) is 0 Å². The van der Waals surface area contributed by atoms with E-state index in [1.54, 1.807) is 24.3 Å². The lowest BCUT2D eigenvalue weighted by atomic mass is 9.97. The molecule has 0 aliphatic heterocycles. The average Bonchev–Trinajstić information content (AvgIpc) is 2.39. The molecule has 0 saturated carbocycles. The molecule has 5 nitrogen and oxygen atoms in total. The normalized spacial score (nSPS) is 9.47. The Balaban J connectivity index is 0.00000180. The standard InChI is InChI=1S/C14H10O4.H2O/c15-13(16)10-6-7-11(12(8-10)14(17)18)9-4-2-1-3-5-9;/h1-8H,(H,15,16)(H,17,18);1H2. The summed E-state index contributed by atoms with van der Waals surface area (Å²) in [5.41, 5.74) is 1.20. The first-order valence-electron chi connectivity index (χ1n) is 5.25. The molecule has 0 saturated heterocycles. The number of benzene rings is 2. The van der Waals surface area contributed by atoms with Gasteiger partial charge in [-0.1, -0.05) is 36.4 Å². The fraction of sp³-hybridized carbons (Fsp3) is 0. The fourth-order valence-corrected chi connectivity index (χ4v) is 1.72. The molecule has 0 fully saturated rings. The lowest BCUT2D eigenvalue weighted by Gasteiger charge is -2.07. The molecule has 0 aliphatic rings. The van der Waals surface area contributed by atoms with Gasteiger partial charge >= 0.3 is 11.9 Å². The van der Waals surface area contributed by atoms with Crippen molar-refractivity contribution in [1.82, 2.24) is 0 Å². The monoisotopic (exact) mass is 260 g/mol. The van der Waals surface area contributed by atoms with Gasteiger partial charge in [0.1, 0.15) is 0 Å². The summed E-state index contributed by atoms with van der Waals surface area (Å²) < 4.78 is 0. The Bertz CT molecular complexity index is 604. The van der Waals surface area contributed by atoms with Crippen LogP contribution in [0.5, 0.6) is 0 Å². The van der Waals surface area contributed by atoms with Gasteiger partial charge in [-0.15, -0.1) is 0 Å². The van der Waals surface area contributed by atoms with Gasteiger partial charge < -0.3 is 15.7 Å². The summed E-state index contributed by atoms with van der Waals surface area (Å²) >= 11 is 0. The van der Waals surface area contributed by atoms with Crippen LogP contribution >= 0.6 is 0 Å². The van der Waals surface area contributed by atoms with Crippen LogP contribution in [0.1, 0.15) is 20.7 Å². The van der Waals surface area contributed by atoms with Crippen LogP contribution in [0.4, 0.5) is 0 Å². The molecule has 0 amide bonds. The number of hydrogen-bond donors (Lipinski definition) is 2. The third-order valence-electron chi connectivity index (χ3n) is 2.58. The first kappa shape index (κ1) is 14.4. The van der Waals surface area contributed by atoms with E-state index in [-0.39, 0.29) is 16.6 Å². The lowest BCUT2D eigenvalue weighted by molar-refractivity contribution is 0.0696. The number of aromatic carboxylic acids is 2. The molecule has 4 N–H and O–H groups in total. The van der Waals surface area contributed by atoms with Gasteiger partial charge in [-0.25, -0.2) is 9.59 Å². The van der Waals surface area contributed by atoms with Gasteiger partial charge in [0.2, 0.25) is 0 Å². The number of rotatable bonds is 3. The highest BCUT2D eigenvalue weighted by atomic mass is 16.4. The predicted molar refractivity (Wildman–Crippen MR) is 69.4 cm³/mol. The molecule has 19 heavy (non-hydrogen) atoms. The van der Waals surface area contributed by atoms with Crippen LogP contribution in [-0.4, -0.2) is 27.6 Å². The van der Waals surface area contributed by atoms with Crippen molar-refractivity contribution in [2.45, 2.75) is 0 Å². The van der Waals surface area contributed by atoms with Crippen LogP contribution < -0.4 is 0 Å². The number of carboxylic acid groups (broad SMARTS) is 2. The summed E-state index contributed by atoms with van der Waals surface area (Å²) in [6, 6.07) is 13.1. The van der Waals surface area contributed by atoms with E-state index < -0.39 is 11.9 Å². The molecule has 0 unspecified atom stereocenters. The third-order valence-corrected chi connectivity index (χ3v) is 2.58. The van der Waals surface area contributed by atoms with Gasteiger partial charge in [0.25, 0.3) is 0 Å². The lowest BCUT2D eigenvalue weighted by Crippen LogP contribution is -2.04. The van der Waals surface area contributed by atoms with E-state index in [2.05, 4.69) is 0 Å². The first-order chi connectivity index (χ1) is 8.59. The van der Waals surface area contributed by atoms with Crippen LogP contribution in [0.3, 0.4) is 0 Å². The van der Waals surface area contributed by atoms with Crippen molar-refractivity contribution < 1.29 is 25.3 Å². The van der Waals surface area contributed by atoms with E-state index in [1.807, 2.05) is 6.07 Å². The molecule has 2 aromatic carbocycles. The minimum atomic E-state index is -1.14. The topological polar surface area (TPSA) is 106 Å². The van der Waals surface area contributed by atoms with E-state index in [4.69, 9.17) is 10.2 Å². The van der Waals surface area contributed by atoms with Crippen molar-refractivity contribution >= 4 is 11.9 Å². The molecule has 0 heterocycles. The molecule has 0 atom stereocenters. The summed E-state index contributed by atoms with van der Waals surface area (Å²) in [6.07, 6.45) is 0. The van der Waals surface area contributed by atoms with E-state index in [0.29, 0.717) is 5.56 Å². The Morgan fingerprint density at radius 3 is 2.00 bits per heavy atom. The zero-order valence-electron chi connectivity index (χ0n) is 9.83. The number of carboxylic acids is 2. The zero-order valence-corrected chi connectivity index (χ0v) is 9.83. The minimum absolute atomic E-state index is 0. The van der Waals surface area contributed by atoms with Crippen molar-refractivity contribution in [3.05, 3.63) is 59.7 Å². The second kappa shape index (κ2) is 5.79. The SMILES string of the molecule is O.O=C(O)c1ccc(-c2ccccc2)c(C(=O)O)c1. The van der Waals surface area contributed by atoms with E-state index in [0.717, 1.165) is 5.56 Å². The summed E-state index contributed by atoms with van der Waals surface area (Å²) in [5.74, 6) is -2.28. The highest BCUT2D eigenvalue weighted by Gasteiger charge is 2.14. The number of carbonyl (C=O) groups is 2. The van der Waals surface area contributed by atoms with Crippen LogP contribution in [-0.2, 0) is 0 Å². The Labute approximate surface area is 109 Å². The third kappa shape index (κ3) is 2.97. The quantitative estimate of drug-likeness (QED) is 0.879. The molecular weight excluding hydrogens is 248 g/mol. The number of hydrogen-bond acceptors (Lipinski definition) is 2. The molecular formula is C14H12O5. The molecule has 5 heteroatoms. The van der Waals surface area contributed by atoms with Gasteiger partial charge in [0.15, 0.2) is 0 Å². The van der Waals surface area contributed by atoms with E-state index in [9.17, 15) is 9.59 Å². The maximum atomic E-state index is 11.2. The predicted octanol–water partition coefficient (Wildman–Crippen LogP) is 1.93. The molecule has 98 valence electrons. The Kier molecular flexibility index (Phi) is 4.39. The van der Waals surface area contributed by atoms with Crippen LogP contribution in [0.25, 0.3) is 11.1 Å². The van der Waals surface area contributed by atoms with Crippen molar-refractivity contribution in [2.75, 3.05) is 0 Å². The van der Waals surface area contributed by atoms with Crippen molar-refractivity contribution in [3.63, 3.8) is 0 Å². The maximum absolute atomic E-state index is 11.2. The summed E-state index contributed by atoms with van der Waals surface area (Å²) in [5, 5.41) is 18.0. The Morgan fingerprint density at radius 2 is 1.47 bits per heavy atom. The highest BCUT2D eigenvalue weighted by Crippen LogP contribution is 2.24. The summed E-state index contributed by atoms with van der Waals surface area (Å²) in [4.78, 5) is 22.0. The largest absolute Gasteiger partial charge is 0.478 e. The molecule has 0 radical (unpaired) electrons. The smallest absolute Gasteiger partial charge is 0.336 e. The van der Waals surface area contributed by atoms with Crippen LogP contribution in [0.15, 0.2) is 48.5 Å². The van der Waals surface area contributed by atoms with Gasteiger partial charge in [-0.05, 0) is 23.3 Å². The van der Waals surface area contributed by atoms with Crippen molar-refractivity contribution in [1.29, 1.82) is 0 Å². The fourth-order valence-electron chi connectivity index (χ4n) is 1.72. The van der Waals surface area contributed by atoms with E-state index >= 15 is 0 Å². The van der Waals surface area contributed by atoms with Crippen LogP contribution in [0, 0.1) is 0 Å². The van der Waals surface area contributed by atoms with E-state index in [1.165, 1.54) is 18.2 Å². The highest BCUT2D eigenvalue weighted by molar-refractivity contribution is 5.99. The molecule has 2 aromatic rings. The Morgan fingerprint density at radius 1 is 0.842 bits per heavy atom. The second-order valence-electron chi connectivity index (χ2n) is 3.74. The first-order valence-corrected chi connectivity index (χ1v) is 5.25. The van der Waals surface area contributed by atoms with Gasteiger partial charge in [-0.3, -0.25) is 0 Å². The zero-order chi connectivity index (χ0) is 13.1. The average molecular weight is 260 g/mol. The summed E-state index contributed by atoms with van der Waals surface area (Å²) in [7, 11) is 0. The second-order valence-corrected chi connectivity index (χ2v) is 3.74. The molecule has 0 aromatic heterocycles. The molecule has 0 spiro atoms. The van der Waals surface area contributed by atoms with Crippen molar-refractivity contribution in [2.24, 2.45) is 0 Å². The molecule has 2 rings (SSSR count). The van der Waals surface area contributed by atoms with Gasteiger partial charge in [0.05, 0.1) is 11.1 Å².